The summed E-state index contributed by atoms with van der Waals surface area (Å²) >= 11 is 0. The Bertz CT molecular complexity index is 220. The summed E-state index contributed by atoms with van der Waals surface area (Å²) in [5.74, 6) is 1.17. The zero-order valence-corrected chi connectivity index (χ0v) is 9.00. The molecule has 3 aliphatic rings. The zero-order valence-electron chi connectivity index (χ0n) is 9.00. The van der Waals surface area contributed by atoms with Crippen LogP contribution in [0.3, 0.4) is 0 Å². The molecule has 0 aromatic rings. The molecular formula is C11H20O2. The Morgan fingerprint density at radius 3 is 2.23 bits per heavy atom. The van der Waals surface area contributed by atoms with Crippen molar-refractivity contribution in [1.29, 1.82) is 0 Å². The first kappa shape index (κ1) is 9.47. The molecular weight excluding hydrogens is 164 g/mol. The van der Waals surface area contributed by atoms with E-state index in [0.717, 1.165) is 12.3 Å². The van der Waals surface area contributed by atoms with Crippen molar-refractivity contribution in [2.24, 2.45) is 17.3 Å². The van der Waals surface area contributed by atoms with Gasteiger partial charge in [-0.1, -0.05) is 13.8 Å². The minimum absolute atomic E-state index is 0.0456. The number of hydrogen-bond acceptors (Lipinski definition) is 2. The van der Waals surface area contributed by atoms with Crippen LogP contribution in [0.4, 0.5) is 0 Å². The highest BCUT2D eigenvalue weighted by Gasteiger charge is 2.62. The first-order valence-electron chi connectivity index (χ1n) is 5.16. The summed E-state index contributed by atoms with van der Waals surface area (Å²) in [4.78, 5) is 0. The summed E-state index contributed by atoms with van der Waals surface area (Å²) in [7, 11) is 1.71. The fourth-order valence-electron chi connectivity index (χ4n) is 3.46. The molecule has 4 atom stereocenters. The second-order valence-corrected chi connectivity index (χ2v) is 5.49. The molecule has 0 spiro atoms. The third-order valence-corrected chi connectivity index (χ3v) is 4.61. The van der Waals surface area contributed by atoms with Crippen LogP contribution >= 0.6 is 0 Å². The van der Waals surface area contributed by atoms with Gasteiger partial charge in [0.05, 0.1) is 11.7 Å². The van der Waals surface area contributed by atoms with Gasteiger partial charge in [0.25, 0.3) is 0 Å². The van der Waals surface area contributed by atoms with E-state index in [9.17, 15) is 5.11 Å². The van der Waals surface area contributed by atoms with Gasteiger partial charge in [0.1, 0.15) is 0 Å². The van der Waals surface area contributed by atoms with Crippen LogP contribution in [0.15, 0.2) is 0 Å². The highest BCUT2D eigenvalue weighted by molar-refractivity contribution is 5.12. The van der Waals surface area contributed by atoms with Crippen LogP contribution in [-0.4, -0.2) is 23.9 Å². The molecule has 3 saturated carbocycles. The van der Waals surface area contributed by atoms with E-state index < -0.39 is 5.60 Å². The van der Waals surface area contributed by atoms with Gasteiger partial charge in [-0.3, -0.25) is 0 Å². The van der Waals surface area contributed by atoms with Gasteiger partial charge in [-0.15, -0.1) is 0 Å². The largest absolute Gasteiger partial charge is 0.387 e. The van der Waals surface area contributed by atoms with Crippen LogP contribution in [0.2, 0.25) is 0 Å². The molecule has 3 aliphatic carbocycles. The highest BCUT2D eigenvalue weighted by Crippen LogP contribution is 2.62. The summed E-state index contributed by atoms with van der Waals surface area (Å²) in [6.07, 6.45) is 2.25. The molecule has 2 heteroatoms. The fourth-order valence-corrected chi connectivity index (χ4v) is 3.46. The number of aliphatic hydroxyl groups is 1. The smallest absolute Gasteiger partial charge is 0.0913 e. The Morgan fingerprint density at radius 2 is 1.85 bits per heavy atom. The second kappa shape index (κ2) is 2.48. The lowest BCUT2D eigenvalue weighted by Gasteiger charge is -2.64. The second-order valence-electron chi connectivity index (χ2n) is 5.49. The van der Waals surface area contributed by atoms with Crippen molar-refractivity contribution in [2.45, 2.75) is 45.3 Å². The summed E-state index contributed by atoms with van der Waals surface area (Å²) in [6, 6.07) is 0. The summed E-state index contributed by atoms with van der Waals surface area (Å²) in [5.41, 5.74) is -0.300. The van der Waals surface area contributed by atoms with Gasteiger partial charge in [-0.05, 0) is 37.0 Å². The Morgan fingerprint density at radius 1 is 1.23 bits per heavy atom. The standard InChI is InChI=1S/C11H20O2/c1-10(2)7-5-8(10)11(3,12)9(6-7)13-4/h7-9,12H,5-6H2,1-4H3/t7-,8-,9?,11?/m0/s1. The first-order valence-corrected chi connectivity index (χ1v) is 5.16. The van der Waals surface area contributed by atoms with E-state index in [-0.39, 0.29) is 6.10 Å². The summed E-state index contributed by atoms with van der Waals surface area (Å²) in [5, 5.41) is 10.4. The molecule has 2 bridgehead atoms. The minimum atomic E-state index is -0.618. The Balaban J connectivity index is 2.23. The average Bonchev–Trinajstić information content (AvgIpc) is 2.01. The highest BCUT2D eigenvalue weighted by atomic mass is 16.5. The molecule has 0 aromatic heterocycles. The van der Waals surface area contributed by atoms with Crippen LogP contribution in [-0.2, 0) is 4.74 Å². The van der Waals surface area contributed by atoms with E-state index in [0.29, 0.717) is 11.3 Å². The summed E-state index contributed by atoms with van der Waals surface area (Å²) in [6.45, 7) is 6.47. The van der Waals surface area contributed by atoms with Crippen molar-refractivity contribution in [3.63, 3.8) is 0 Å². The van der Waals surface area contributed by atoms with Gasteiger partial charge in [0.15, 0.2) is 0 Å². The molecule has 0 aromatic carbocycles. The third-order valence-electron chi connectivity index (χ3n) is 4.61. The normalized spacial score (nSPS) is 52.8. The van der Waals surface area contributed by atoms with Crippen molar-refractivity contribution >= 4 is 0 Å². The van der Waals surface area contributed by atoms with Crippen molar-refractivity contribution in [1.82, 2.24) is 0 Å². The SMILES string of the molecule is COC1C[C@@H]2C[C@H](C1(C)O)C2(C)C. The molecule has 2 nitrogen and oxygen atoms in total. The van der Waals surface area contributed by atoms with Gasteiger partial charge >= 0.3 is 0 Å². The van der Waals surface area contributed by atoms with E-state index in [4.69, 9.17) is 4.74 Å². The molecule has 13 heavy (non-hydrogen) atoms. The number of methoxy groups -OCH3 is 1. The Kier molecular flexibility index (Phi) is 1.81. The van der Waals surface area contributed by atoms with Crippen LogP contribution in [0, 0.1) is 17.3 Å². The van der Waals surface area contributed by atoms with Gasteiger partial charge in [0.2, 0.25) is 0 Å². The quantitative estimate of drug-likeness (QED) is 0.673. The number of rotatable bonds is 1. The summed E-state index contributed by atoms with van der Waals surface area (Å²) < 4.78 is 5.35. The third kappa shape index (κ3) is 1.02. The maximum Gasteiger partial charge on any atom is 0.0913 e. The molecule has 0 radical (unpaired) electrons. The molecule has 2 unspecified atom stereocenters. The monoisotopic (exact) mass is 184 g/mol. The first-order chi connectivity index (χ1) is 5.90. The number of fused-ring (bicyclic) bond motifs is 2. The van der Waals surface area contributed by atoms with E-state index in [1.54, 1.807) is 7.11 Å². The lowest BCUT2D eigenvalue weighted by Crippen LogP contribution is -2.66. The lowest BCUT2D eigenvalue weighted by molar-refractivity contribution is -0.251. The molecule has 0 aliphatic heterocycles. The van der Waals surface area contributed by atoms with E-state index in [1.165, 1.54) is 6.42 Å². The predicted molar refractivity (Wildman–Crippen MR) is 51.4 cm³/mol. The zero-order chi connectivity index (χ0) is 9.85. The van der Waals surface area contributed by atoms with Gasteiger partial charge in [0, 0.05) is 7.11 Å². The predicted octanol–water partition coefficient (Wildman–Crippen LogP) is 1.82. The lowest BCUT2D eigenvalue weighted by atomic mass is 9.43. The Labute approximate surface area is 80.3 Å². The van der Waals surface area contributed by atoms with Crippen molar-refractivity contribution in [3.8, 4) is 0 Å². The van der Waals surface area contributed by atoms with Crippen LogP contribution in [0.5, 0.6) is 0 Å². The molecule has 3 fully saturated rings. The topological polar surface area (TPSA) is 29.5 Å². The van der Waals surface area contributed by atoms with E-state index in [1.807, 2.05) is 6.92 Å². The van der Waals surface area contributed by atoms with Crippen LogP contribution in [0.1, 0.15) is 33.6 Å². The maximum atomic E-state index is 10.4. The molecule has 0 heterocycles. The minimum Gasteiger partial charge on any atom is -0.387 e. The molecule has 76 valence electrons. The molecule has 1 N–H and O–H groups in total. The molecule has 0 saturated heterocycles. The maximum absolute atomic E-state index is 10.4. The van der Waals surface area contributed by atoms with E-state index >= 15 is 0 Å². The van der Waals surface area contributed by atoms with Gasteiger partial charge in [-0.2, -0.15) is 0 Å². The van der Waals surface area contributed by atoms with Gasteiger partial charge < -0.3 is 9.84 Å². The fraction of sp³-hybridized carbons (Fsp3) is 1.00. The van der Waals surface area contributed by atoms with E-state index in [2.05, 4.69) is 13.8 Å². The van der Waals surface area contributed by atoms with Crippen molar-refractivity contribution in [2.75, 3.05) is 7.11 Å². The van der Waals surface area contributed by atoms with Crippen LogP contribution in [0.25, 0.3) is 0 Å². The number of ether oxygens (including phenoxy) is 1. The van der Waals surface area contributed by atoms with Crippen molar-refractivity contribution in [3.05, 3.63) is 0 Å². The van der Waals surface area contributed by atoms with Crippen molar-refractivity contribution < 1.29 is 9.84 Å². The molecule has 0 amide bonds. The number of hydrogen-bond donors (Lipinski definition) is 1. The molecule has 3 rings (SSSR count). The Hall–Kier alpha value is -0.0800. The average molecular weight is 184 g/mol. The van der Waals surface area contributed by atoms with Gasteiger partial charge in [-0.25, -0.2) is 0 Å². The van der Waals surface area contributed by atoms with Crippen LogP contribution < -0.4 is 0 Å².